The normalized spacial score (nSPS) is 11.8. The number of hydrogen-bond acceptors (Lipinski definition) is 3. The fourth-order valence-corrected chi connectivity index (χ4v) is 3.52. The molecule has 0 heterocycles. The molecule has 126 valence electrons. The number of carbonyl (C=O) groups is 2. The molecule has 0 saturated heterocycles. The van der Waals surface area contributed by atoms with Crippen LogP contribution in [-0.2, 0) is 9.22 Å². The Kier molecular flexibility index (Phi) is 6.23. The van der Waals surface area contributed by atoms with Crippen molar-refractivity contribution in [1.82, 2.24) is 0 Å². The van der Waals surface area contributed by atoms with Crippen LogP contribution in [0, 0.1) is 6.92 Å². The van der Waals surface area contributed by atoms with Gasteiger partial charge in [-0.1, -0.05) is 52.4 Å². The van der Waals surface area contributed by atoms with Crippen molar-refractivity contribution < 1.29 is 9.59 Å². The Hall–Kier alpha value is -1.60. The van der Waals surface area contributed by atoms with E-state index < -0.39 is 11.9 Å². The summed E-state index contributed by atoms with van der Waals surface area (Å²) in [5, 5.41) is 3.59. The number of Topliss-reactive ketones (excluding diaryl/α,β-unsaturated/α-hetero) is 1. The average Bonchev–Trinajstić information content (AvgIpc) is 2.52. The predicted octanol–water partition coefficient (Wildman–Crippen LogP) is 4.42. The van der Waals surface area contributed by atoms with Crippen LogP contribution in [0.5, 0.6) is 0 Å². The smallest absolute Gasteiger partial charge is 0.244 e. The highest BCUT2D eigenvalue weighted by Crippen LogP contribution is 2.32. The Balaban J connectivity index is 2.54. The molecule has 2 rings (SSSR count). The van der Waals surface area contributed by atoms with E-state index in [4.69, 9.17) is 17.3 Å². The van der Waals surface area contributed by atoms with Crippen LogP contribution in [0.25, 0.3) is 0 Å². The lowest BCUT2D eigenvalue weighted by atomic mass is 9.99. The first-order chi connectivity index (χ1) is 11.3. The Bertz CT molecular complexity index is 793. The number of alkyl halides is 1. The van der Waals surface area contributed by atoms with E-state index in [-0.39, 0.29) is 5.78 Å². The quantitative estimate of drug-likeness (QED) is 0.384. The van der Waals surface area contributed by atoms with Gasteiger partial charge in [-0.3, -0.25) is 9.59 Å². The van der Waals surface area contributed by atoms with Gasteiger partial charge in [0, 0.05) is 26.3 Å². The Morgan fingerprint density at radius 1 is 1.29 bits per heavy atom. The first kappa shape index (κ1) is 18.7. The first-order valence-corrected chi connectivity index (χ1v) is 9.26. The number of nitrogens with two attached hydrogens (primary N) is 1. The molecule has 4 nitrogen and oxygen atoms in total. The van der Waals surface area contributed by atoms with Crippen molar-refractivity contribution in [2.45, 2.75) is 24.3 Å². The van der Waals surface area contributed by atoms with Gasteiger partial charge in [0.1, 0.15) is 6.04 Å². The highest BCUT2D eigenvalue weighted by molar-refractivity contribution is 14.1. The molecule has 2 aromatic carbocycles. The number of primary amides is 1. The molecule has 0 aliphatic rings. The molecular formula is C18H18ClIN2O2. The van der Waals surface area contributed by atoms with Gasteiger partial charge < -0.3 is 11.1 Å². The number of anilines is 1. The zero-order valence-corrected chi connectivity index (χ0v) is 16.3. The fourth-order valence-electron chi connectivity index (χ4n) is 2.55. The highest BCUT2D eigenvalue weighted by atomic mass is 127. The van der Waals surface area contributed by atoms with Gasteiger partial charge in [-0.05, 0) is 43.2 Å². The lowest BCUT2D eigenvalue weighted by molar-refractivity contribution is -0.118. The van der Waals surface area contributed by atoms with Crippen molar-refractivity contribution in [3.63, 3.8) is 0 Å². The Labute approximate surface area is 159 Å². The van der Waals surface area contributed by atoms with E-state index in [1.807, 2.05) is 31.2 Å². The van der Waals surface area contributed by atoms with Crippen LogP contribution >= 0.6 is 34.2 Å². The third-order valence-electron chi connectivity index (χ3n) is 3.71. The molecule has 6 heteroatoms. The summed E-state index contributed by atoms with van der Waals surface area (Å²) in [5.41, 5.74) is 9.26. The maximum absolute atomic E-state index is 12.1. The van der Waals surface area contributed by atoms with Crippen LogP contribution in [0.2, 0.25) is 5.02 Å². The molecule has 0 aromatic heterocycles. The summed E-state index contributed by atoms with van der Waals surface area (Å²) in [6.45, 7) is 3.40. The van der Waals surface area contributed by atoms with Crippen LogP contribution in [-0.4, -0.2) is 11.7 Å². The summed E-state index contributed by atoms with van der Waals surface area (Å²) in [6.07, 6.45) is 0. The average molecular weight is 457 g/mol. The molecule has 24 heavy (non-hydrogen) atoms. The minimum absolute atomic E-state index is 0.0889. The van der Waals surface area contributed by atoms with Crippen molar-refractivity contribution >= 4 is 51.6 Å². The van der Waals surface area contributed by atoms with Crippen molar-refractivity contribution in [3.8, 4) is 0 Å². The summed E-state index contributed by atoms with van der Waals surface area (Å²) in [5.74, 6) is -0.640. The van der Waals surface area contributed by atoms with E-state index in [2.05, 4.69) is 27.9 Å². The number of benzene rings is 2. The maximum atomic E-state index is 12.1. The molecule has 0 saturated carbocycles. The summed E-state index contributed by atoms with van der Waals surface area (Å²) < 4.78 is 0.687. The third-order valence-corrected chi connectivity index (χ3v) is 4.87. The largest absolute Gasteiger partial charge is 0.369 e. The van der Waals surface area contributed by atoms with Gasteiger partial charge in [0.2, 0.25) is 5.91 Å². The first-order valence-electron chi connectivity index (χ1n) is 7.35. The van der Waals surface area contributed by atoms with Crippen LogP contribution < -0.4 is 11.1 Å². The van der Waals surface area contributed by atoms with E-state index >= 15 is 0 Å². The van der Waals surface area contributed by atoms with Gasteiger partial charge >= 0.3 is 0 Å². The third kappa shape index (κ3) is 4.08. The molecule has 1 amide bonds. The summed E-state index contributed by atoms with van der Waals surface area (Å²) >= 11 is 8.54. The van der Waals surface area contributed by atoms with Gasteiger partial charge in [-0.15, -0.1) is 0 Å². The number of hydrogen-bond donors (Lipinski definition) is 2. The lowest BCUT2D eigenvalue weighted by Gasteiger charge is -2.22. The molecule has 3 N–H and O–H groups in total. The SMILES string of the molecule is CC(=O)c1ccc(C)cc1NC(C(N)=O)c1c(Cl)cccc1CI. The second-order valence-corrected chi connectivity index (χ2v) is 6.70. The number of amides is 1. The predicted molar refractivity (Wildman–Crippen MR) is 106 cm³/mol. The van der Waals surface area contributed by atoms with E-state index in [1.165, 1.54) is 6.92 Å². The van der Waals surface area contributed by atoms with Crippen LogP contribution in [0.15, 0.2) is 36.4 Å². The number of carbonyl (C=O) groups excluding carboxylic acids is 2. The zero-order chi connectivity index (χ0) is 17.9. The summed E-state index contributed by atoms with van der Waals surface area (Å²) in [6, 6.07) is 10.1. The number of ketones is 1. The van der Waals surface area contributed by atoms with E-state index in [0.29, 0.717) is 26.3 Å². The molecule has 0 radical (unpaired) electrons. The minimum atomic E-state index is -0.816. The number of aryl methyl sites for hydroxylation is 1. The number of rotatable bonds is 6. The molecular weight excluding hydrogens is 439 g/mol. The van der Waals surface area contributed by atoms with Crippen molar-refractivity contribution in [3.05, 3.63) is 63.7 Å². The van der Waals surface area contributed by atoms with Crippen molar-refractivity contribution in [1.29, 1.82) is 0 Å². The summed E-state index contributed by atoms with van der Waals surface area (Å²) in [7, 11) is 0. The van der Waals surface area contributed by atoms with Crippen LogP contribution in [0.4, 0.5) is 5.69 Å². The molecule has 1 atom stereocenters. The molecule has 0 aliphatic carbocycles. The minimum Gasteiger partial charge on any atom is -0.369 e. The van der Waals surface area contributed by atoms with Gasteiger partial charge in [0.15, 0.2) is 5.78 Å². The van der Waals surface area contributed by atoms with Gasteiger partial charge in [-0.2, -0.15) is 0 Å². The standard InChI is InChI=1S/C18H18ClIN2O2/c1-10-6-7-13(11(2)23)15(8-10)22-17(18(21)24)16-12(9-20)4-3-5-14(16)19/h3-8,17,22H,9H2,1-2H3,(H2,21,24). The van der Waals surface area contributed by atoms with E-state index in [0.717, 1.165) is 11.1 Å². The fraction of sp³-hybridized carbons (Fsp3) is 0.222. The molecule has 0 aliphatic heterocycles. The summed E-state index contributed by atoms with van der Waals surface area (Å²) in [4.78, 5) is 24.0. The molecule has 1 unspecified atom stereocenters. The Morgan fingerprint density at radius 3 is 2.58 bits per heavy atom. The lowest BCUT2D eigenvalue weighted by Crippen LogP contribution is -2.29. The highest BCUT2D eigenvalue weighted by Gasteiger charge is 2.24. The monoisotopic (exact) mass is 456 g/mol. The molecule has 0 fully saturated rings. The Morgan fingerprint density at radius 2 is 2.00 bits per heavy atom. The maximum Gasteiger partial charge on any atom is 0.244 e. The van der Waals surface area contributed by atoms with Crippen LogP contribution in [0.1, 0.15) is 40.0 Å². The van der Waals surface area contributed by atoms with E-state index in [1.54, 1.807) is 12.1 Å². The molecule has 2 aromatic rings. The molecule has 0 spiro atoms. The van der Waals surface area contributed by atoms with Crippen molar-refractivity contribution in [2.24, 2.45) is 5.73 Å². The van der Waals surface area contributed by atoms with Crippen LogP contribution in [0.3, 0.4) is 0 Å². The molecule has 0 bridgehead atoms. The second kappa shape index (κ2) is 7.98. The van der Waals surface area contributed by atoms with Gasteiger partial charge in [-0.25, -0.2) is 0 Å². The number of halogens is 2. The van der Waals surface area contributed by atoms with Crippen molar-refractivity contribution in [2.75, 3.05) is 5.32 Å². The number of nitrogens with one attached hydrogen (secondary N) is 1. The van der Waals surface area contributed by atoms with Gasteiger partial charge in [0.05, 0.1) is 0 Å². The second-order valence-electron chi connectivity index (χ2n) is 5.53. The topological polar surface area (TPSA) is 72.2 Å². The zero-order valence-electron chi connectivity index (χ0n) is 13.4. The van der Waals surface area contributed by atoms with E-state index in [9.17, 15) is 9.59 Å². The van der Waals surface area contributed by atoms with Gasteiger partial charge in [0.25, 0.3) is 0 Å².